The molecule has 1 aliphatic rings. The molecule has 0 radical (unpaired) electrons. The smallest absolute Gasteiger partial charge is 0.416 e. The number of nitrogens with zero attached hydrogens (tertiary/aromatic N) is 3. The van der Waals surface area contributed by atoms with Crippen molar-refractivity contribution in [2.24, 2.45) is 0 Å². The Labute approximate surface area is 195 Å². The Kier molecular flexibility index (Phi) is 8.32. The van der Waals surface area contributed by atoms with Gasteiger partial charge in [-0.05, 0) is 57.0 Å². The number of likely N-dealkylation sites (tertiary alicyclic amines) is 1. The van der Waals surface area contributed by atoms with Gasteiger partial charge in [-0.1, -0.05) is 0 Å². The molecule has 0 unspecified atom stereocenters. The second-order valence-electron chi connectivity index (χ2n) is 8.23. The van der Waals surface area contributed by atoms with Crippen molar-refractivity contribution in [1.29, 1.82) is 0 Å². The summed E-state index contributed by atoms with van der Waals surface area (Å²) in [5.74, 6) is -0.419. The van der Waals surface area contributed by atoms with Gasteiger partial charge in [0.2, 0.25) is 0 Å². The second kappa shape index (κ2) is 11.0. The highest BCUT2D eigenvalue weighted by atomic mass is 19.4. The third-order valence-corrected chi connectivity index (χ3v) is 5.87. The van der Waals surface area contributed by atoms with Crippen molar-refractivity contribution >= 4 is 11.8 Å². The average Bonchev–Trinajstić information content (AvgIpc) is 2.78. The minimum atomic E-state index is -4.58. The number of halogens is 3. The lowest BCUT2D eigenvalue weighted by atomic mass is 10.00. The molecule has 1 saturated heterocycles. The molecule has 3 rings (SSSR count). The Hall–Kier alpha value is -2.92. The molecule has 0 amide bonds. The normalized spacial score (nSPS) is 16.9. The van der Waals surface area contributed by atoms with Crippen LogP contribution >= 0.6 is 0 Å². The van der Waals surface area contributed by atoms with Crippen LogP contribution in [0.15, 0.2) is 18.2 Å². The number of piperidine rings is 1. The van der Waals surface area contributed by atoms with Crippen molar-refractivity contribution in [2.45, 2.75) is 51.9 Å². The Bertz CT molecular complexity index is 1020. The van der Waals surface area contributed by atoms with E-state index < -0.39 is 17.5 Å². The monoisotopic (exact) mass is 482 g/mol. The highest BCUT2D eigenvalue weighted by Gasteiger charge is 2.31. The molecule has 34 heavy (non-hydrogen) atoms. The van der Waals surface area contributed by atoms with E-state index in [1.807, 2.05) is 0 Å². The SMILES string of the molecule is CCOC(=O)CCN1CCC[C@@H](Nc2nnc(-c3ccc(C(F)(F)F)cc3O)c(C)c2CO)C1. The minimum absolute atomic E-state index is 0.0141. The number of alkyl halides is 3. The fourth-order valence-corrected chi connectivity index (χ4v) is 4.08. The Balaban J connectivity index is 1.76. The lowest BCUT2D eigenvalue weighted by Crippen LogP contribution is -2.43. The first-order chi connectivity index (χ1) is 16.1. The van der Waals surface area contributed by atoms with E-state index in [9.17, 15) is 28.2 Å². The summed E-state index contributed by atoms with van der Waals surface area (Å²) >= 11 is 0. The Morgan fingerprint density at radius 1 is 1.32 bits per heavy atom. The van der Waals surface area contributed by atoms with Crippen molar-refractivity contribution in [3.05, 3.63) is 34.9 Å². The lowest BCUT2D eigenvalue weighted by Gasteiger charge is -2.33. The first kappa shape index (κ1) is 25.7. The number of phenolic OH excluding ortho intramolecular Hbond substituents is 1. The summed E-state index contributed by atoms with van der Waals surface area (Å²) in [5.41, 5.74) is 0.283. The standard InChI is InChI=1S/C23H29F3N4O4/c1-3-34-20(33)8-10-30-9-4-5-16(12-30)27-22-18(13-31)14(2)21(28-29-22)17-7-6-15(11-19(17)32)23(24,25)26/h6-7,11,16,31-32H,3-5,8-10,12-13H2,1-2H3,(H,27,29)/t16-/m1/s1. The van der Waals surface area contributed by atoms with Gasteiger partial charge in [-0.3, -0.25) is 4.79 Å². The van der Waals surface area contributed by atoms with E-state index in [1.54, 1.807) is 13.8 Å². The molecule has 1 aromatic carbocycles. The van der Waals surface area contributed by atoms with Gasteiger partial charge in [0.1, 0.15) is 11.4 Å². The van der Waals surface area contributed by atoms with Gasteiger partial charge in [0, 0.05) is 30.3 Å². The summed E-state index contributed by atoms with van der Waals surface area (Å²) in [6, 6.07) is 2.67. The molecule has 0 bridgehead atoms. The number of aromatic nitrogens is 2. The van der Waals surface area contributed by atoms with Crippen LogP contribution in [-0.4, -0.2) is 63.6 Å². The zero-order valence-electron chi connectivity index (χ0n) is 19.2. The van der Waals surface area contributed by atoms with Crippen molar-refractivity contribution in [3.8, 4) is 17.0 Å². The number of benzene rings is 1. The van der Waals surface area contributed by atoms with Crippen molar-refractivity contribution in [1.82, 2.24) is 15.1 Å². The number of hydrogen-bond donors (Lipinski definition) is 3. The van der Waals surface area contributed by atoms with Gasteiger partial charge in [0.05, 0.1) is 25.2 Å². The highest BCUT2D eigenvalue weighted by Crippen LogP contribution is 2.37. The predicted octanol–water partition coefficient (Wildman–Crippen LogP) is 3.50. The summed E-state index contributed by atoms with van der Waals surface area (Å²) in [4.78, 5) is 13.8. The molecule has 3 N–H and O–H groups in total. The molecule has 1 aliphatic heterocycles. The quantitative estimate of drug-likeness (QED) is 0.491. The Morgan fingerprint density at radius 3 is 2.74 bits per heavy atom. The largest absolute Gasteiger partial charge is 0.507 e. The van der Waals surface area contributed by atoms with E-state index >= 15 is 0 Å². The zero-order chi connectivity index (χ0) is 24.9. The number of phenols is 1. The van der Waals surface area contributed by atoms with E-state index in [2.05, 4.69) is 20.4 Å². The minimum Gasteiger partial charge on any atom is -0.507 e. The van der Waals surface area contributed by atoms with Crippen LogP contribution in [0.25, 0.3) is 11.3 Å². The third-order valence-electron chi connectivity index (χ3n) is 5.87. The van der Waals surface area contributed by atoms with Gasteiger partial charge < -0.3 is 25.2 Å². The number of aliphatic hydroxyl groups excluding tert-OH is 1. The maximum atomic E-state index is 12.9. The van der Waals surface area contributed by atoms with E-state index in [0.29, 0.717) is 49.1 Å². The molecular formula is C23H29F3N4O4. The van der Waals surface area contributed by atoms with E-state index in [4.69, 9.17) is 4.74 Å². The van der Waals surface area contributed by atoms with Crippen LogP contribution in [0.4, 0.5) is 19.0 Å². The summed E-state index contributed by atoms with van der Waals surface area (Å²) in [6.07, 6.45) is -2.49. The maximum absolute atomic E-state index is 12.9. The number of aliphatic hydroxyl groups is 1. The summed E-state index contributed by atoms with van der Waals surface area (Å²) in [7, 11) is 0. The van der Waals surface area contributed by atoms with Crippen LogP contribution in [0.2, 0.25) is 0 Å². The molecule has 11 heteroatoms. The second-order valence-corrected chi connectivity index (χ2v) is 8.23. The van der Waals surface area contributed by atoms with Crippen molar-refractivity contribution < 1.29 is 32.9 Å². The molecule has 186 valence electrons. The molecule has 1 atom stereocenters. The van der Waals surface area contributed by atoms with Crippen molar-refractivity contribution in [3.63, 3.8) is 0 Å². The van der Waals surface area contributed by atoms with Gasteiger partial charge in [0.25, 0.3) is 0 Å². The molecule has 2 heterocycles. The van der Waals surface area contributed by atoms with Crippen LogP contribution in [0.1, 0.15) is 42.9 Å². The van der Waals surface area contributed by atoms with E-state index in [1.165, 1.54) is 0 Å². The molecule has 0 aliphatic carbocycles. The van der Waals surface area contributed by atoms with Crippen molar-refractivity contribution in [2.75, 3.05) is 31.6 Å². The number of hydrogen-bond acceptors (Lipinski definition) is 8. The summed E-state index contributed by atoms with van der Waals surface area (Å²) in [5, 5.41) is 31.8. The van der Waals surface area contributed by atoms with Gasteiger partial charge in [-0.2, -0.15) is 13.2 Å². The lowest BCUT2D eigenvalue weighted by molar-refractivity contribution is -0.143. The molecule has 2 aromatic rings. The van der Waals surface area contributed by atoms with Crippen LogP contribution < -0.4 is 5.32 Å². The van der Waals surface area contributed by atoms with Crippen LogP contribution in [0, 0.1) is 6.92 Å². The summed E-state index contributed by atoms with van der Waals surface area (Å²) < 4.78 is 43.7. The average molecular weight is 483 g/mol. The van der Waals surface area contributed by atoms with E-state index in [0.717, 1.165) is 31.5 Å². The van der Waals surface area contributed by atoms with Crippen LogP contribution in [0.5, 0.6) is 5.75 Å². The van der Waals surface area contributed by atoms with Gasteiger partial charge >= 0.3 is 12.1 Å². The topological polar surface area (TPSA) is 108 Å². The van der Waals surface area contributed by atoms with Crippen LogP contribution in [-0.2, 0) is 22.3 Å². The highest BCUT2D eigenvalue weighted by molar-refractivity contribution is 5.72. The number of carbonyl (C=O) groups excluding carboxylic acids is 1. The van der Waals surface area contributed by atoms with Gasteiger partial charge in [-0.25, -0.2) is 0 Å². The molecule has 8 nitrogen and oxygen atoms in total. The number of esters is 1. The number of aromatic hydroxyl groups is 1. The Morgan fingerprint density at radius 2 is 2.09 bits per heavy atom. The van der Waals surface area contributed by atoms with E-state index in [-0.39, 0.29) is 29.9 Å². The molecule has 1 fully saturated rings. The molecule has 1 aromatic heterocycles. The zero-order valence-corrected chi connectivity index (χ0v) is 19.2. The number of ether oxygens (including phenoxy) is 1. The predicted molar refractivity (Wildman–Crippen MR) is 119 cm³/mol. The molecular weight excluding hydrogens is 453 g/mol. The first-order valence-electron chi connectivity index (χ1n) is 11.2. The number of carbonyl (C=O) groups is 1. The molecule has 0 spiro atoms. The van der Waals surface area contributed by atoms with Gasteiger partial charge in [-0.15, -0.1) is 10.2 Å². The fraction of sp³-hybridized carbons (Fsp3) is 0.522. The van der Waals surface area contributed by atoms with Gasteiger partial charge in [0.15, 0.2) is 5.82 Å². The summed E-state index contributed by atoms with van der Waals surface area (Å²) in [6.45, 7) is 5.55. The maximum Gasteiger partial charge on any atom is 0.416 e. The third kappa shape index (κ3) is 6.15. The number of anilines is 1. The number of rotatable bonds is 8. The number of nitrogens with one attached hydrogen (secondary N) is 1. The van der Waals surface area contributed by atoms with Crippen LogP contribution in [0.3, 0.4) is 0 Å². The fourth-order valence-electron chi connectivity index (χ4n) is 4.08. The molecule has 0 saturated carbocycles. The first-order valence-corrected chi connectivity index (χ1v) is 11.2.